The van der Waals surface area contributed by atoms with E-state index in [2.05, 4.69) is 10.3 Å². The smallest absolute Gasteiger partial charge is 0.369 e. The summed E-state index contributed by atoms with van der Waals surface area (Å²) >= 11 is 1.56. The molecular weight excluding hydrogens is 323 g/mol. The maximum atomic E-state index is 13.2. The van der Waals surface area contributed by atoms with E-state index >= 15 is 0 Å². The summed E-state index contributed by atoms with van der Waals surface area (Å²) in [5, 5.41) is 2.98. The van der Waals surface area contributed by atoms with Crippen molar-refractivity contribution >= 4 is 23.2 Å². The number of halogens is 5. The number of nitrogens with zero attached hydrogens (tertiary/aromatic N) is 1. The fraction of sp³-hybridized carbons (Fsp3) is 0.357. The van der Waals surface area contributed by atoms with Crippen LogP contribution in [0.5, 0.6) is 0 Å². The van der Waals surface area contributed by atoms with Crippen molar-refractivity contribution in [1.82, 2.24) is 5.32 Å². The van der Waals surface area contributed by atoms with Crippen molar-refractivity contribution in [3.8, 4) is 0 Å². The Morgan fingerprint density at radius 2 is 1.91 bits per heavy atom. The molecule has 0 fully saturated rings. The van der Waals surface area contributed by atoms with Crippen LogP contribution in [0.4, 0.5) is 22.0 Å². The minimum absolute atomic E-state index is 0.0577. The molecule has 0 aliphatic carbocycles. The standard InChI is InChI=1S/C14H13F5N2S/c1-22-11-6-20-13(21-7-11)5-12(14(17,18)19)8-2-9(15)4-10(16)3-8/h2-5,11H,6-7H2,1H3,(H,20,21). The molecule has 1 aliphatic rings. The molecule has 1 atom stereocenters. The molecule has 0 saturated heterocycles. The second-order valence-corrected chi connectivity index (χ2v) is 5.82. The molecule has 1 aliphatic heterocycles. The molecule has 0 bridgehead atoms. The van der Waals surface area contributed by atoms with Crippen molar-refractivity contribution in [2.75, 3.05) is 19.3 Å². The van der Waals surface area contributed by atoms with E-state index in [4.69, 9.17) is 0 Å². The van der Waals surface area contributed by atoms with Gasteiger partial charge >= 0.3 is 6.18 Å². The highest BCUT2D eigenvalue weighted by molar-refractivity contribution is 7.99. The van der Waals surface area contributed by atoms with Crippen molar-refractivity contribution in [3.63, 3.8) is 0 Å². The van der Waals surface area contributed by atoms with Gasteiger partial charge in [-0.15, -0.1) is 0 Å². The fourth-order valence-electron chi connectivity index (χ4n) is 1.97. The SMILES string of the molecule is CSC1CN=C(C=C(c2cc(F)cc(F)c2)C(F)(F)F)NC1. The topological polar surface area (TPSA) is 24.4 Å². The van der Waals surface area contributed by atoms with Crippen LogP contribution in [0.3, 0.4) is 0 Å². The van der Waals surface area contributed by atoms with E-state index in [1.54, 1.807) is 11.8 Å². The first-order valence-corrected chi connectivity index (χ1v) is 7.65. The lowest BCUT2D eigenvalue weighted by molar-refractivity contribution is -0.0688. The Labute approximate surface area is 128 Å². The molecule has 0 spiro atoms. The number of hydrogen-bond donors (Lipinski definition) is 1. The Morgan fingerprint density at radius 3 is 2.36 bits per heavy atom. The van der Waals surface area contributed by atoms with Gasteiger partial charge in [0.15, 0.2) is 0 Å². The first-order valence-electron chi connectivity index (χ1n) is 6.36. The molecule has 1 unspecified atom stereocenters. The Morgan fingerprint density at radius 1 is 1.27 bits per heavy atom. The molecule has 0 aromatic heterocycles. The van der Waals surface area contributed by atoms with E-state index in [0.29, 0.717) is 31.3 Å². The first kappa shape index (κ1) is 16.8. The fourth-order valence-corrected chi connectivity index (χ4v) is 2.44. The number of rotatable bonds is 3. The zero-order valence-electron chi connectivity index (χ0n) is 11.5. The van der Waals surface area contributed by atoms with Crippen LogP contribution in [0.25, 0.3) is 5.57 Å². The highest BCUT2D eigenvalue weighted by atomic mass is 32.2. The van der Waals surface area contributed by atoms with E-state index in [9.17, 15) is 22.0 Å². The number of allylic oxidation sites excluding steroid dienone is 1. The molecule has 0 saturated carbocycles. The van der Waals surface area contributed by atoms with E-state index < -0.39 is 28.9 Å². The Bertz CT molecular complexity index is 589. The maximum Gasteiger partial charge on any atom is 0.417 e. The molecule has 1 aromatic carbocycles. The van der Waals surface area contributed by atoms with Crippen molar-refractivity contribution in [1.29, 1.82) is 0 Å². The van der Waals surface area contributed by atoms with Crippen LogP contribution < -0.4 is 5.32 Å². The molecule has 22 heavy (non-hydrogen) atoms. The average molecular weight is 336 g/mol. The molecule has 1 heterocycles. The van der Waals surface area contributed by atoms with E-state index in [0.717, 1.165) is 6.08 Å². The Balaban J connectivity index is 2.39. The minimum atomic E-state index is -4.75. The van der Waals surface area contributed by atoms with Crippen LogP contribution in [-0.4, -0.2) is 36.6 Å². The minimum Gasteiger partial charge on any atom is -0.369 e. The van der Waals surface area contributed by atoms with Gasteiger partial charge in [-0.1, -0.05) is 0 Å². The molecule has 2 rings (SSSR count). The third kappa shape index (κ3) is 4.22. The number of benzene rings is 1. The molecule has 1 N–H and O–H groups in total. The quantitative estimate of drug-likeness (QED) is 0.852. The molecule has 0 radical (unpaired) electrons. The predicted molar refractivity (Wildman–Crippen MR) is 78.0 cm³/mol. The summed E-state index contributed by atoms with van der Waals surface area (Å²) in [5.41, 5.74) is -1.71. The van der Waals surface area contributed by atoms with E-state index in [1.165, 1.54) is 0 Å². The van der Waals surface area contributed by atoms with Crippen LogP contribution in [0.15, 0.2) is 29.3 Å². The van der Waals surface area contributed by atoms with E-state index in [1.807, 2.05) is 6.26 Å². The Kier molecular flexibility index (Phi) is 5.10. The van der Waals surface area contributed by atoms with Crippen LogP contribution in [0.2, 0.25) is 0 Å². The van der Waals surface area contributed by atoms with Crippen LogP contribution in [-0.2, 0) is 0 Å². The van der Waals surface area contributed by atoms with Crippen molar-refractivity contribution in [2.45, 2.75) is 11.4 Å². The molecule has 120 valence electrons. The van der Waals surface area contributed by atoms with Gasteiger partial charge in [0.05, 0.1) is 12.1 Å². The van der Waals surface area contributed by atoms with Gasteiger partial charge in [0, 0.05) is 17.9 Å². The van der Waals surface area contributed by atoms with Crippen LogP contribution in [0.1, 0.15) is 5.56 Å². The zero-order chi connectivity index (χ0) is 16.3. The summed E-state index contributed by atoms with van der Waals surface area (Å²) in [6.07, 6.45) is -2.08. The molecular formula is C14H13F5N2S. The van der Waals surface area contributed by atoms with Crippen molar-refractivity contribution < 1.29 is 22.0 Å². The maximum absolute atomic E-state index is 13.2. The van der Waals surface area contributed by atoms with Gasteiger partial charge in [-0.05, 0) is 30.0 Å². The summed E-state index contributed by atoms with van der Waals surface area (Å²) in [4.78, 5) is 4.03. The third-order valence-electron chi connectivity index (χ3n) is 3.07. The van der Waals surface area contributed by atoms with Crippen molar-refractivity contribution in [3.05, 3.63) is 41.5 Å². The first-order chi connectivity index (χ1) is 10.3. The lowest BCUT2D eigenvalue weighted by atomic mass is 10.0. The number of nitrogens with one attached hydrogen (secondary N) is 1. The second-order valence-electron chi connectivity index (χ2n) is 4.68. The molecule has 0 amide bonds. The van der Waals surface area contributed by atoms with Crippen molar-refractivity contribution in [2.24, 2.45) is 4.99 Å². The monoisotopic (exact) mass is 336 g/mol. The third-order valence-corrected chi connectivity index (χ3v) is 4.05. The van der Waals surface area contributed by atoms with Gasteiger partial charge in [0.1, 0.15) is 17.5 Å². The van der Waals surface area contributed by atoms with Gasteiger partial charge in [-0.25, -0.2) is 8.78 Å². The summed E-state index contributed by atoms with van der Waals surface area (Å²) in [6.45, 7) is 0.877. The Hall–Kier alpha value is -1.57. The normalized spacial score (nSPS) is 19.6. The number of amidine groups is 1. The van der Waals surface area contributed by atoms with Gasteiger partial charge in [0.2, 0.25) is 0 Å². The summed E-state index contributed by atoms with van der Waals surface area (Å²) in [6, 6.07) is 1.82. The van der Waals surface area contributed by atoms with E-state index in [-0.39, 0.29) is 11.1 Å². The molecule has 1 aromatic rings. The summed E-state index contributed by atoms with van der Waals surface area (Å²) < 4.78 is 65.8. The molecule has 8 heteroatoms. The number of thioether (sulfide) groups is 1. The van der Waals surface area contributed by atoms with Gasteiger partial charge < -0.3 is 5.32 Å². The number of alkyl halides is 3. The highest BCUT2D eigenvalue weighted by Gasteiger charge is 2.35. The summed E-state index contributed by atoms with van der Waals surface area (Å²) in [5.74, 6) is -2.07. The van der Waals surface area contributed by atoms with Gasteiger partial charge in [0.25, 0.3) is 0 Å². The van der Waals surface area contributed by atoms with Crippen LogP contribution >= 0.6 is 11.8 Å². The second kappa shape index (κ2) is 6.68. The highest BCUT2D eigenvalue weighted by Crippen LogP contribution is 2.34. The number of aliphatic imine (C=N–C) groups is 1. The molecule has 2 nitrogen and oxygen atoms in total. The van der Waals surface area contributed by atoms with Crippen LogP contribution in [0, 0.1) is 11.6 Å². The van der Waals surface area contributed by atoms with Gasteiger partial charge in [-0.3, -0.25) is 4.99 Å². The zero-order valence-corrected chi connectivity index (χ0v) is 12.4. The van der Waals surface area contributed by atoms with Gasteiger partial charge in [-0.2, -0.15) is 24.9 Å². The summed E-state index contributed by atoms with van der Waals surface area (Å²) in [7, 11) is 0. The lowest BCUT2D eigenvalue weighted by Crippen LogP contribution is -2.36. The number of hydrogen-bond acceptors (Lipinski definition) is 3. The average Bonchev–Trinajstić information content (AvgIpc) is 2.43. The largest absolute Gasteiger partial charge is 0.417 e. The predicted octanol–water partition coefficient (Wildman–Crippen LogP) is 3.64. The lowest BCUT2D eigenvalue weighted by Gasteiger charge is -2.21.